The van der Waals surface area contributed by atoms with Crippen LogP contribution in [0, 0.1) is 17.8 Å². The molecular weight excluding hydrogens is 286 g/mol. The average molecular weight is 316 g/mol. The van der Waals surface area contributed by atoms with Crippen molar-refractivity contribution < 1.29 is 9.53 Å². The predicted octanol–water partition coefficient (Wildman–Crippen LogP) is 4.26. The molecule has 2 N–H and O–H groups in total. The zero-order valence-corrected chi connectivity index (χ0v) is 14.5. The molecule has 1 fully saturated rings. The van der Waals surface area contributed by atoms with Gasteiger partial charge < -0.3 is 10.5 Å². The molecule has 1 unspecified atom stereocenters. The molecule has 0 heterocycles. The molecular formula is C20H30NO2. The number of nitrogens with two attached hydrogens (primary N) is 1. The Labute approximate surface area is 140 Å². The Morgan fingerprint density at radius 1 is 1.13 bits per heavy atom. The standard InChI is InChI=1S/C20H30NO2/c1-15(2)12-16-8-10-17(11-9-16)13-19(21)20(22)23-14-18-6-4-3-5-7-18/h3-7,16-17,19H,8-14,21H2,1-2H3. The lowest BCUT2D eigenvalue weighted by molar-refractivity contribution is -0.147. The van der Waals surface area contributed by atoms with Crippen LogP contribution in [0.25, 0.3) is 0 Å². The molecule has 0 spiro atoms. The predicted molar refractivity (Wildman–Crippen MR) is 93.5 cm³/mol. The minimum Gasteiger partial charge on any atom is -0.460 e. The molecule has 23 heavy (non-hydrogen) atoms. The first-order valence-electron chi connectivity index (χ1n) is 8.79. The van der Waals surface area contributed by atoms with Crippen molar-refractivity contribution in [2.75, 3.05) is 0 Å². The zero-order valence-electron chi connectivity index (χ0n) is 14.5. The molecule has 0 aromatic heterocycles. The molecule has 1 aromatic carbocycles. The number of ether oxygens (including phenoxy) is 1. The van der Waals surface area contributed by atoms with E-state index in [0.29, 0.717) is 12.5 Å². The quantitative estimate of drug-likeness (QED) is 0.765. The first kappa shape index (κ1) is 18.0. The summed E-state index contributed by atoms with van der Waals surface area (Å²) in [6.45, 7) is 4.74. The Morgan fingerprint density at radius 2 is 1.74 bits per heavy atom. The van der Waals surface area contributed by atoms with Gasteiger partial charge in [0.05, 0.1) is 0 Å². The normalized spacial score (nSPS) is 22.8. The summed E-state index contributed by atoms with van der Waals surface area (Å²) >= 11 is 0. The maximum Gasteiger partial charge on any atom is 0.323 e. The highest BCUT2D eigenvalue weighted by Gasteiger charge is 2.26. The monoisotopic (exact) mass is 316 g/mol. The third kappa shape index (κ3) is 6.34. The van der Waals surface area contributed by atoms with Gasteiger partial charge in [-0.3, -0.25) is 4.79 Å². The number of hydrogen-bond acceptors (Lipinski definition) is 3. The number of carbonyl (C=O) groups is 1. The van der Waals surface area contributed by atoms with Crippen molar-refractivity contribution in [2.45, 2.75) is 65.0 Å². The molecule has 1 aliphatic carbocycles. The third-order valence-electron chi connectivity index (χ3n) is 4.78. The fourth-order valence-electron chi connectivity index (χ4n) is 3.54. The molecule has 3 nitrogen and oxygen atoms in total. The SMILES string of the molecule is C[C](C)CC1CCC(CC(N)C(=O)OCc2ccccc2)CC1. The van der Waals surface area contributed by atoms with E-state index in [1.54, 1.807) is 0 Å². The first-order chi connectivity index (χ1) is 11.0. The summed E-state index contributed by atoms with van der Waals surface area (Å²) in [7, 11) is 0. The van der Waals surface area contributed by atoms with Gasteiger partial charge in [0.25, 0.3) is 0 Å². The second-order valence-corrected chi connectivity index (χ2v) is 7.23. The van der Waals surface area contributed by atoms with Gasteiger partial charge in [-0.15, -0.1) is 0 Å². The Bertz CT molecular complexity index is 464. The van der Waals surface area contributed by atoms with Gasteiger partial charge in [0.2, 0.25) is 0 Å². The largest absolute Gasteiger partial charge is 0.460 e. The molecule has 1 aromatic rings. The highest BCUT2D eigenvalue weighted by molar-refractivity contribution is 5.75. The molecule has 1 radical (unpaired) electrons. The molecule has 0 amide bonds. The van der Waals surface area contributed by atoms with Crippen LogP contribution in [0.2, 0.25) is 0 Å². The van der Waals surface area contributed by atoms with Crippen molar-refractivity contribution in [1.29, 1.82) is 0 Å². The third-order valence-corrected chi connectivity index (χ3v) is 4.78. The van der Waals surface area contributed by atoms with E-state index in [0.717, 1.165) is 17.9 Å². The van der Waals surface area contributed by atoms with E-state index >= 15 is 0 Å². The Hall–Kier alpha value is -1.35. The van der Waals surface area contributed by atoms with Crippen LogP contribution in [0.15, 0.2) is 30.3 Å². The fourth-order valence-corrected chi connectivity index (χ4v) is 3.54. The Morgan fingerprint density at radius 3 is 2.35 bits per heavy atom. The van der Waals surface area contributed by atoms with Crippen LogP contribution < -0.4 is 5.73 Å². The van der Waals surface area contributed by atoms with E-state index in [2.05, 4.69) is 13.8 Å². The van der Waals surface area contributed by atoms with E-state index in [1.165, 1.54) is 38.0 Å². The summed E-state index contributed by atoms with van der Waals surface area (Å²) in [5.41, 5.74) is 7.05. The summed E-state index contributed by atoms with van der Waals surface area (Å²) in [4.78, 5) is 12.0. The minimum atomic E-state index is -0.486. The zero-order chi connectivity index (χ0) is 16.7. The lowest BCUT2D eigenvalue weighted by Crippen LogP contribution is -2.35. The van der Waals surface area contributed by atoms with Crippen molar-refractivity contribution in [3.8, 4) is 0 Å². The van der Waals surface area contributed by atoms with Gasteiger partial charge in [0.1, 0.15) is 12.6 Å². The minimum absolute atomic E-state index is 0.270. The molecule has 0 aliphatic heterocycles. The summed E-state index contributed by atoms with van der Waals surface area (Å²) in [6, 6.07) is 9.25. The number of carbonyl (C=O) groups excluding carboxylic acids is 1. The van der Waals surface area contributed by atoms with Gasteiger partial charge in [-0.05, 0) is 36.2 Å². The molecule has 1 aliphatic rings. The molecule has 127 valence electrons. The summed E-state index contributed by atoms with van der Waals surface area (Å²) in [5.74, 6) is 2.66. The van der Waals surface area contributed by atoms with E-state index in [9.17, 15) is 4.79 Å². The van der Waals surface area contributed by atoms with Gasteiger partial charge in [-0.25, -0.2) is 0 Å². The molecule has 0 bridgehead atoms. The van der Waals surface area contributed by atoms with E-state index in [1.807, 2.05) is 30.3 Å². The first-order valence-corrected chi connectivity index (χ1v) is 8.79. The fraction of sp³-hybridized carbons (Fsp3) is 0.600. The van der Waals surface area contributed by atoms with Crippen LogP contribution in [0.3, 0.4) is 0 Å². The second kappa shape index (κ2) is 9.07. The highest BCUT2D eigenvalue weighted by atomic mass is 16.5. The lowest BCUT2D eigenvalue weighted by Gasteiger charge is -2.30. The number of hydrogen-bond donors (Lipinski definition) is 1. The van der Waals surface area contributed by atoms with E-state index < -0.39 is 6.04 Å². The maximum absolute atomic E-state index is 12.0. The average Bonchev–Trinajstić information content (AvgIpc) is 2.55. The van der Waals surface area contributed by atoms with E-state index in [4.69, 9.17) is 10.5 Å². The van der Waals surface area contributed by atoms with Crippen LogP contribution >= 0.6 is 0 Å². The number of esters is 1. The van der Waals surface area contributed by atoms with Crippen molar-refractivity contribution in [3.63, 3.8) is 0 Å². The van der Waals surface area contributed by atoms with Crippen LogP contribution in [0.4, 0.5) is 0 Å². The molecule has 1 saturated carbocycles. The second-order valence-electron chi connectivity index (χ2n) is 7.23. The summed E-state index contributed by atoms with van der Waals surface area (Å²) in [5, 5.41) is 0. The Kier molecular flexibility index (Phi) is 7.10. The topological polar surface area (TPSA) is 52.3 Å². The van der Waals surface area contributed by atoms with Gasteiger partial charge in [-0.1, -0.05) is 69.9 Å². The van der Waals surface area contributed by atoms with Crippen molar-refractivity contribution in [3.05, 3.63) is 41.8 Å². The van der Waals surface area contributed by atoms with Crippen molar-refractivity contribution >= 4 is 5.97 Å². The highest BCUT2D eigenvalue weighted by Crippen LogP contribution is 2.35. The smallest absolute Gasteiger partial charge is 0.323 e. The number of benzene rings is 1. The van der Waals surface area contributed by atoms with Crippen LogP contribution in [-0.4, -0.2) is 12.0 Å². The lowest BCUT2D eigenvalue weighted by atomic mass is 9.76. The van der Waals surface area contributed by atoms with Gasteiger partial charge in [0, 0.05) is 0 Å². The molecule has 2 rings (SSSR count). The van der Waals surface area contributed by atoms with E-state index in [-0.39, 0.29) is 5.97 Å². The molecule has 0 saturated heterocycles. The Balaban J connectivity index is 1.68. The number of rotatable bonds is 7. The molecule has 1 atom stereocenters. The molecule has 3 heteroatoms. The van der Waals surface area contributed by atoms with Crippen molar-refractivity contribution in [2.24, 2.45) is 17.6 Å². The van der Waals surface area contributed by atoms with Crippen LogP contribution in [-0.2, 0) is 16.1 Å². The van der Waals surface area contributed by atoms with Crippen molar-refractivity contribution in [1.82, 2.24) is 0 Å². The van der Waals surface area contributed by atoms with Crippen LogP contribution in [0.5, 0.6) is 0 Å². The van der Waals surface area contributed by atoms with Gasteiger partial charge in [-0.2, -0.15) is 0 Å². The summed E-state index contributed by atoms with van der Waals surface area (Å²) in [6.07, 6.45) is 6.92. The van der Waals surface area contributed by atoms with Gasteiger partial charge in [0.15, 0.2) is 0 Å². The summed E-state index contributed by atoms with van der Waals surface area (Å²) < 4.78 is 5.34. The van der Waals surface area contributed by atoms with Crippen LogP contribution in [0.1, 0.15) is 57.9 Å². The van der Waals surface area contributed by atoms with Gasteiger partial charge >= 0.3 is 5.97 Å². The maximum atomic E-state index is 12.0.